The van der Waals surface area contributed by atoms with E-state index in [1.807, 2.05) is 85.8 Å². The minimum Gasteiger partial charge on any atom is -0.373 e. The number of morpholine rings is 1. The third-order valence-corrected chi connectivity index (χ3v) is 6.37. The first kappa shape index (κ1) is 25.6. The Morgan fingerprint density at radius 3 is 2.11 bits per heavy atom. The van der Waals surface area contributed by atoms with E-state index in [1.165, 1.54) is 5.56 Å². The Balaban J connectivity index is 1.31. The largest absolute Gasteiger partial charge is 0.373 e. The van der Waals surface area contributed by atoms with E-state index < -0.39 is 0 Å². The van der Waals surface area contributed by atoms with Gasteiger partial charge in [0.25, 0.3) is 5.91 Å². The van der Waals surface area contributed by atoms with Crippen molar-refractivity contribution >= 4 is 23.2 Å². The van der Waals surface area contributed by atoms with Crippen LogP contribution >= 0.6 is 0 Å². The van der Waals surface area contributed by atoms with Crippen molar-refractivity contribution in [3.05, 3.63) is 95.6 Å². The number of nitrogens with zero attached hydrogens (tertiary/aromatic N) is 2. The van der Waals surface area contributed by atoms with Crippen molar-refractivity contribution < 1.29 is 14.3 Å². The van der Waals surface area contributed by atoms with Gasteiger partial charge < -0.3 is 15.0 Å². The fraction of sp³-hybridized carbons (Fsp3) is 0.333. The standard InChI is InChI=1S/C30H35N3O3/c1-4-33(28-8-6-5-7-9-28)29(34)18-24-12-16-27(17-13-24)31-30(35)26-14-10-25(11-15-26)21-32-19-22(2)36-23(3)20-32/h5-17,22-23H,4,18-21H2,1-3H3,(H,31,35). The van der Waals surface area contributed by atoms with Gasteiger partial charge in [0, 0.05) is 43.1 Å². The lowest BCUT2D eigenvalue weighted by atomic mass is 10.1. The molecule has 188 valence electrons. The van der Waals surface area contributed by atoms with Crippen LogP contribution in [0.4, 0.5) is 11.4 Å². The van der Waals surface area contributed by atoms with Gasteiger partial charge in [-0.3, -0.25) is 14.5 Å². The number of likely N-dealkylation sites (N-methyl/N-ethyl adjacent to an activating group) is 1. The van der Waals surface area contributed by atoms with Crippen molar-refractivity contribution in [2.24, 2.45) is 0 Å². The SMILES string of the molecule is CCN(C(=O)Cc1ccc(NC(=O)c2ccc(CN3CC(C)OC(C)C3)cc2)cc1)c1ccccc1. The molecule has 36 heavy (non-hydrogen) atoms. The molecule has 2 amide bonds. The highest BCUT2D eigenvalue weighted by atomic mass is 16.5. The van der Waals surface area contributed by atoms with E-state index in [1.54, 1.807) is 4.90 Å². The number of carbonyl (C=O) groups is 2. The van der Waals surface area contributed by atoms with Crippen LogP contribution < -0.4 is 10.2 Å². The monoisotopic (exact) mass is 485 g/mol. The molecule has 1 fully saturated rings. The van der Waals surface area contributed by atoms with Crippen molar-refractivity contribution in [2.45, 2.75) is 45.9 Å². The molecule has 3 aromatic carbocycles. The van der Waals surface area contributed by atoms with Crippen LogP contribution in [0.2, 0.25) is 0 Å². The molecule has 2 unspecified atom stereocenters. The number of anilines is 2. The zero-order valence-electron chi connectivity index (χ0n) is 21.3. The lowest BCUT2D eigenvalue weighted by molar-refractivity contribution is -0.117. The lowest BCUT2D eigenvalue weighted by Gasteiger charge is -2.35. The number of carbonyl (C=O) groups excluding carboxylic acids is 2. The molecule has 6 heteroatoms. The van der Waals surface area contributed by atoms with Gasteiger partial charge in [-0.2, -0.15) is 0 Å². The van der Waals surface area contributed by atoms with Crippen LogP contribution in [-0.4, -0.2) is 48.6 Å². The molecule has 0 radical (unpaired) electrons. The first-order chi connectivity index (χ1) is 17.4. The Bertz CT molecular complexity index is 1140. The Hall–Kier alpha value is -3.48. The van der Waals surface area contributed by atoms with Crippen LogP contribution in [0.3, 0.4) is 0 Å². The van der Waals surface area contributed by atoms with E-state index in [9.17, 15) is 9.59 Å². The molecule has 4 rings (SSSR count). The second-order valence-electron chi connectivity index (χ2n) is 9.45. The first-order valence-corrected chi connectivity index (χ1v) is 12.6. The van der Waals surface area contributed by atoms with Crippen LogP contribution in [0.25, 0.3) is 0 Å². The number of para-hydroxylation sites is 1. The van der Waals surface area contributed by atoms with E-state index in [4.69, 9.17) is 4.74 Å². The summed E-state index contributed by atoms with van der Waals surface area (Å²) in [5.74, 6) is -0.109. The molecule has 0 saturated carbocycles. The normalized spacial score (nSPS) is 18.0. The molecule has 0 aromatic heterocycles. The predicted octanol–water partition coefficient (Wildman–Crippen LogP) is 5.14. The second-order valence-corrected chi connectivity index (χ2v) is 9.45. The summed E-state index contributed by atoms with van der Waals surface area (Å²) >= 11 is 0. The summed E-state index contributed by atoms with van der Waals surface area (Å²) in [6, 6.07) is 24.9. The molecular formula is C30H35N3O3. The first-order valence-electron chi connectivity index (χ1n) is 12.6. The van der Waals surface area contributed by atoms with Crippen molar-refractivity contribution in [1.29, 1.82) is 0 Å². The van der Waals surface area contributed by atoms with E-state index in [0.717, 1.165) is 30.9 Å². The highest BCUT2D eigenvalue weighted by Crippen LogP contribution is 2.18. The molecule has 0 bridgehead atoms. The summed E-state index contributed by atoms with van der Waals surface area (Å²) in [4.78, 5) is 29.7. The molecule has 6 nitrogen and oxygen atoms in total. The minimum absolute atomic E-state index is 0.0431. The van der Waals surface area contributed by atoms with Crippen LogP contribution in [0.1, 0.15) is 42.3 Å². The number of hydrogen-bond donors (Lipinski definition) is 1. The number of nitrogens with one attached hydrogen (secondary N) is 1. The average molecular weight is 486 g/mol. The molecule has 1 aliphatic rings. The van der Waals surface area contributed by atoms with E-state index in [0.29, 0.717) is 24.2 Å². The quantitative estimate of drug-likeness (QED) is 0.480. The molecule has 0 spiro atoms. The summed E-state index contributed by atoms with van der Waals surface area (Å²) in [5.41, 5.74) is 4.30. The van der Waals surface area contributed by atoms with Crippen molar-refractivity contribution in [3.63, 3.8) is 0 Å². The lowest BCUT2D eigenvalue weighted by Crippen LogP contribution is -2.44. The van der Waals surface area contributed by atoms with Crippen molar-refractivity contribution in [3.8, 4) is 0 Å². The Kier molecular flexibility index (Phi) is 8.52. The molecule has 1 saturated heterocycles. The minimum atomic E-state index is -0.153. The molecule has 0 aliphatic carbocycles. The second kappa shape index (κ2) is 12.0. The summed E-state index contributed by atoms with van der Waals surface area (Å²) in [6.07, 6.45) is 0.773. The summed E-state index contributed by atoms with van der Waals surface area (Å²) in [5, 5.41) is 2.95. The van der Waals surface area contributed by atoms with Crippen LogP contribution in [0, 0.1) is 0 Å². The van der Waals surface area contributed by atoms with E-state index in [2.05, 4.69) is 24.1 Å². The number of benzene rings is 3. The van der Waals surface area contributed by atoms with Crippen molar-refractivity contribution in [2.75, 3.05) is 29.9 Å². The Labute approximate surface area is 213 Å². The zero-order valence-corrected chi connectivity index (χ0v) is 21.3. The van der Waals surface area contributed by atoms with Gasteiger partial charge in [0.15, 0.2) is 0 Å². The van der Waals surface area contributed by atoms with E-state index in [-0.39, 0.29) is 24.0 Å². The van der Waals surface area contributed by atoms with Gasteiger partial charge in [0.2, 0.25) is 5.91 Å². The third kappa shape index (κ3) is 6.80. The molecule has 3 aromatic rings. The zero-order chi connectivity index (χ0) is 25.5. The molecule has 1 N–H and O–H groups in total. The van der Waals surface area contributed by atoms with Gasteiger partial charge in [-0.15, -0.1) is 0 Å². The maximum Gasteiger partial charge on any atom is 0.255 e. The van der Waals surface area contributed by atoms with Crippen LogP contribution in [0.15, 0.2) is 78.9 Å². The predicted molar refractivity (Wildman–Crippen MR) is 144 cm³/mol. The van der Waals surface area contributed by atoms with Gasteiger partial charge in [-0.05, 0) is 68.3 Å². The van der Waals surface area contributed by atoms with Gasteiger partial charge in [0.05, 0.1) is 18.6 Å². The Morgan fingerprint density at radius 1 is 0.889 bits per heavy atom. The van der Waals surface area contributed by atoms with Crippen LogP contribution in [-0.2, 0) is 22.5 Å². The molecule has 2 atom stereocenters. The molecule has 1 aliphatic heterocycles. The third-order valence-electron chi connectivity index (χ3n) is 6.37. The molecule has 1 heterocycles. The van der Waals surface area contributed by atoms with Crippen molar-refractivity contribution in [1.82, 2.24) is 4.90 Å². The number of amides is 2. The number of rotatable bonds is 8. The average Bonchev–Trinajstić information content (AvgIpc) is 2.86. The maximum atomic E-state index is 12.8. The van der Waals surface area contributed by atoms with E-state index >= 15 is 0 Å². The number of hydrogen-bond acceptors (Lipinski definition) is 4. The van der Waals surface area contributed by atoms with Gasteiger partial charge in [-0.25, -0.2) is 0 Å². The highest BCUT2D eigenvalue weighted by Gasteiger charge is 2.22. The number of ether oxygens (including phenoxy) is 1. The summed E-state index contributed by atoms with van der Waals surface area (Å²) in [7, 11) is 0. The van der Waals surface area contributed by atoms with Gasteiger partial charge >= 0.3 is 0 Å². The smallest absolute Gasteiger partial charge is 0.255 e. The van der Waals surface area contributed by atoms with Gasteiger partial charge in [-0.1, -0.05) is 42.5 Å². The fourth-order valence-electron chi connectivity index (χ4n) is 4.72. The Morgan fingerprint density at radius 2 is 1.50 bits per heavy atom. The highest BCUT2D eigenvalue weighted by molar-refractivity contribution is 6.04. The van der Waals surface area contributed by atoms with Gasteiger partial charge in [0.1, 0.15) is 0 Å². The maximum absolute atomic E-state index is 12.8. The summed E-state index contributed by atoms with van der Waals surface area (Å²) < 4.78 is 5.81. The fourth-order valence-corrected chi connectivity index (χ4v) is 4.72. The summed E-state index contributed by atoms with van der Waals surface area (Å²) in [6.45, 7) is 9.46. The molecular weight excluding hydrogens is 450 g/mol. The van der Waals surface area contributed by atoms with Crippen LogP contribution in [0.5, 0.6) is 0 Å². The topological polar surface area (TPSA) is 61.9 Å².